The van der Waals surface area contributed by atoms with E-state index in [4.69, 9.17) is 16.3 Å². The number of aryl methyl sites for hydroxylation is 1. The first-order valence-electron chi connectivity index (χ1n) is 14.2. The lowest BCUT2D eigenvalue weighted by atomic mass is 9.98. The number of carbonyl (C=O) groups is 2. The van der Waals surface area contributed by atoms with Gasteiger partial charge in [0.05, 0.1) is 25.8 Å². The third-order valence-corrected chi connectivity index (χ3v) is 8.97. The first-order chi connectivity index (χ1) is 20.3. The van der Waals surface area contributed by atoms with Crippen LogP contribution < -0.4 is 9.64 Å². The number of amides is 2. The third-order valence-electron chi connectivity index (χ3n) is 8.66. The molecule has 1 atom stereocenters. The van der Waals surface area contributed by atoms with Crippen molar-refractivity contribution < 1.29 is 14.3 Å². The number of rotatable bonds is 5. The number of anilines is 1. The van der Waals surface area contributed by atoms with Gasteiger partial charge in [-0.1, -0.05) is 54.1 Å². The number of hydrogen-bond donors (Lipinski definition) is 0. The van der Waals surface area contributed by atoms with Crippen molar-refractivity contribution in [3.8, 4) is 16.9 Å². The number of methoxy groups -OCH3 is 1. The lowest BCUT2D eigenvalue weighted by Crippen LogP contribution is -2.39. The second-order valence-electron chi connectivity index (χ2n) is 11.3. The first-order valence-corrected chi connectivity index (χ1v) is 14.6. The molecule has 2 aliphatic heterocycles. The topological polar surface area (TPSA) is 58.0 Å². The van der Waals surface area contributed by atoms with E-state index in [1.54, 1.807) is 18.1 Å². The molecular formula is C34H35ClN4O3. The Morgan fingerprint density at radius 3 is 2.48 bits per heavy atom. The summed E-state index contributed by atoms with van der Waals surface area (Å²) in [7, 11) is 5.55. The number of ether oxygens (including phenoxy) is 1. The second-order valence-corrected chi connectivity index (χ2v) is 11.7. The van der Waals surface area contributed by atoms with Crippen LogP contribution in [0.4, 0.5) is 5.69 Å². The summed E-state index contributed by atoms with van der Waals surface area (Å²) in [5.74, 6) is 0.240. The molecule has 8 heteroatoms. The summed E-state index contributed by atoms with van der Waals surface area (Å²) in [6.45, 7) is 4.68. The minimum atomic E-state index is -0.217. The Morgan fingerprint density at radius 1 is 0.976 bits per heavy atom. The quantitative estimate of drug-likeness (QED) is 0.285. The zero-order valence-electron chi connectivity index (χ0n) is 24.4. The fourth-order valence-corrected chi connectivity index (χ4v) is 6.48. The number of fused-ring (bicyclic) bond motifs is 2. The maximum Gasteiger partial charge on any atom is 0.270 e. The van der Waals surface area contributed by atoms with Gasteiger partial charge < -0.3 is 24.0 Å². The van der Waals surface area contributed by atoms with Crippen LogP contribution in [-0.2, 0) is 13.1 Å². The number of likely N-dealkylation sites (N-methyl/N-ethyl adjacent to an activating group) is 2. The van der Waals surface area contributed by atoms with Crippen molar-refractivity contribution in [3.63, 3.8) is 0 Å². The van der Waals surface area contributed by atoms with Crippen LogP contribution in [0, 0.1) is 6.92 Å². The molecule has 2 aliphatic rings. The van der Waals surface area contributed by atoms with Crippen molar-refractivity contribution in [1.82, 2.24) is 14.4 Å². The molecule has 0 saturated carbocycles. The molecule has 0 aliphatic carbocycles. The predicted octanol–water partition coefficient (Wildman–Crippen LogP) is 6.11. The van der Waals surface area contributed by atoms with Crippen LogP contribution >= 0.6 is 11.6 Å². The summed E-state index contributed by atoms with van der Waals surface area (Å²) in [6, 6.07) is 23.4. The lowest BCUT2D eigenvalue weighted by molar-refractivity contribution is 0.0726. The molecule has 3 heterocycles. The Morgan fingerprint density at radius 2 is 1.74 bits per heavy atom. The zero-order valence-corrected chi connectivity index (χ0v) is 25.2. The molecule has 1 unspecified atom stereocenters. The van der Waals surface area contributed by atoms with E-state index in [-0.39, 0.29) is 17.9 Å². The number of para-hydroxylation sites is 1. The molecule has 0 spiro atoms. The number of nitrogens with zero attached hydrogens (tertiary/aromatic N) is 4. The van der Waals surface area contributed by atoms with Gasteiger partial charge in [-0.05, 0) is 74.0 Å². The van der Waals surface area contributed by atoms with Crippen LogP contribution in [0.3, 0.4) is 0 Å². The molecule has 1 aromatic heterocycles. The number of hydrogen-bond acceptors (Lipinski definition) is 4. The van der Waals surface area contributed by atoms with Gasteiger partial charge in [0, 0.05) is 41.6 Å². The van der Waals surface area contributed by atoms with E-state index in [1.165, 1.54) is 0 Å². The Labute approximate surface area is 251 Å². The maximum atomic E-state index is 14.3. The molecule has 0 N–H and O–H groups in total. The van der Waals surface area contributed by atoms with Gasteiger partial charge in [-0.25, -0.2) is 0 Å². The molecule has 7 nitrogen and oxygen atoms in total. The van der Waals surface area contributed by atoms with Gasteiger partial charge in [-0.3, -0.25) is 9.59 Å². The monoisotopic (exact) mass is 582 g/mol. The summed E-state index contributed by atoms with van der Waals surface area (Å²) in [6.07, 6.45) is 0.963. The van der Waals surface area contributed by atoms with E-state index >= 15 is 0 Å². The first kappa shape index (κ1) is 28.1. The molecule has 42 heavy (non-hydrogen) atoms. The van der Waals surface area contributed by atoms with E-state index in [1.807, 2.05) is 85.6 Å². The van der Waals surface area contributed by atoms with E-state index in [0.29, 0.717) is 35.1 Å². The summed E-state index contributed by atoms with van der Waals surface area (Å²) >= 11 is 6.82. The van der Waals surface area contributed by atoms with Crippen LogP contribution in [0.5, 0.6) is 5.75 Å². The van der Waals surface area contributed by atoms with Crippen LogP contribution in [0.2, 0.25) is 5.02 Å². The molecule has 3 aromatic carbocycles. The Kier molecular flexibility index (Phi) is 7.56. The Balaban J connectivity index is 1.37. The van der Waals surface area contributed by atoms with Gasteiger partial charge in [-0.2, -0.15) is 0 Å². The molecule has 6 rings (SSSR count). The van der Waals surface area contributed by atoms with Crippen LogP contribution in [0.1, 0.15) is 44.1 Å². The second kappa shape index (κ2) is 11.3. The lowest BCUT2D eigenvalue weighted by Gasteiger charge is -2.25. The highest BCUT2D eigenvalue weighted by Crippen LogP contribution is 2.38. The van der Waals surface area contributed by atoms with Gasteiger partial charge in [0.1, 0.15) is 11.4 Å². The average molecular weight is 583 g/mol. The average Bonchev–Trinajstić information content (AvgIpc) is 3.57. The Bertz CT molecular complexity index is 1680. The van der Waals surface area contributed by atoms with Crippen molar-refractivity contribution in [2.45, 2.75) is 32.5 Å². The van der Waals surface area contributed by atoms with Crippen LogP contribution in [0.25, 0.3) is 11.1 Å². The highest BCUT2D eigenvalue weighted by atomic mass is 35.5. The fourth-order valence-electron chi connectivity index (χ4n) is 6.22. The van der Waals surface area contributed by atoms with Crippen molar-refractivity contribution >= 4 is 29.1 Å². The van der Waals surface area contributed by atoms with Crippen LogP contribution in [0.15, 0.2) is 72.8 Å². The smallest absolute Gasteiger partial charge is 0.270 e. The minimum Gasteiger partial charge on any atom is -0.496 e. The molecule has 0 radical (unpaired) electrons. The predicted molar refractivity (Wildman–Crippen MR) is 167 cm³/mol. The van der Waals surface area contributed by atoms with Crippen molar-refractivity contribution in [2.24, 2.45) is 0 Å². The van der Waals surface area contributed by atoms with E-state index in [9.17, 15) is 9.59 Å². The zero-order chi connectivity index (χ0) is 29.5. The summed E-state index contributed by atoms with van der Waals surface area (Å²) < 4.78 is 7.81. The molecule has 2 amide bonds. The standard InChI is InChI=1S/C34H35ClN4O3/c1-22-9-5-7-11-26(22)27-18-32(42-4)28(17-29(27)35)33(40)39-21-25-13-14-31(34(41)37(3)24-15-16-36(2)20-24)38(25)19-23-10-6-8-12-30(23)39/h5-14,17-18,24H,15-16,19-21H2,1-4H3. The molecule has 1 saturated heterocycles. The van der Waals surface area contributed by atoms with E-state index in [2.05, 4.69) is 16.5 Å². The fraction of sp³-hybridized carbons (Fsp3) is 0.294. The van der Waals surface area contributed by atoms with Gasteiger partial charge in [0.25, 0.3) is 11.8 Å². The van der Waals surface area contributed by atoms with Gasteiger partial charge in [-0.15, -0.1) is 0 Å². The summed E-state index contributed by atoms with van der Waals surface area (Å²) in [5, 5.41) is 0.480. The van der Waals surface area contributed by atoms with Gasteiger partial charge in [0.2, 0.25) is 0 Å². The molecule has 1 fully saturated rings. The van der Waals surface area contributed by atoms with Gasteiger partial charge >= 0.3 is 0 Å². The molecular weight excluding hydrogens is 548 g/mol. The maximum absolute atomic E-state index is 14.3. The molecule has 216 valence electrons. The SMILES string of the molecule is COc1cc(-c2ccccc2C)c(Cl)cc1C(=O)N1Cc2ccc(C(=O)N(C)C3CCN(C)C3)n2Cc2ccccc21. The van der Waals surface area contributed by atoms with E-state index < -0.39 is 0 Å². The highest BCUT2D eigenvalue weighted by Gasteiger charge is 2.32. The highest BCUT2D eigenvalue weighted by molar-refractivity contribution is 6.34. The number of carbonyl (C=O) groups excluding carboxylic acids is 2. The number of halogens is 1. The van der Waals surface area contributed by atoms with Crippen molar-refractivity contribution in [1.29, 1.82) is 0 Å². The molecule has 0 bridgehead atoms. The number of benzene rings is 3. The third kappa shape index (κ3) is 4.97. The summed E-state index contributed by atoms with van der Waals surface area (Å²) in [4.78, 5) is 33.9. The van der Waals surface area contributed by atoms with Gasteiger partial charge in [0.15, 0.2) is 0 Å². The summed E-state index contributed by atoms with van der Waals surface area (Å²) in [5.41, 5.74) is 6.56. The van der Waals surface area contributed by atoms with Crippen molar-refractivity contribution in [2.75, 3.05) is 39.2 Å². The van der Waals surface area contributed by atoms with Crippen LogP contribution in [-0.4, -0.2) is 66.5 Å². The largest absolute Gasteiger partial charge is 0.496 e. The normalized spacial score (nSPS) is 16.5. The minimum absolute atomic E-state index is 0.000877. The van der Waals surface area contributed by atoms with E-state index in [0.717, 1.165) is 53.1 Å². The van der Waals surface area contributed by atoms with Crippen molar-refractivity contribution in [3.05, 3.63) is 106 Å². The number of likely N-dealkylation sites (tertiary alicyclic amines) is 1. The Hall–Kier alpha value is -4.07. The molecule has 4 aromatic rings. The number of aromatic nitrogens is 1.